The number of pyridine rings is 1. The lowest BCUT2D eigenvalue weighted by molar-refractivity contribution is 0.392. The van der Waals surface area contributed by atoms with Crippen LogP contribution in [0.25, 0.3) is 10.9 Å². The Morgan fingerprint density at radius 3 is 2.75 bits per heavy atom. The van der Waals surface area contributed by atoms with Gasteiger partial charge in [0.05, 0.1) is 11.2 Å². The summed E-state index contributed by atoms with van der Waals surface area (Å²) in [6, 6.07) is 10.3. The highest BCUT2D eigenvalue weighted by Gasteiger charge is 2.08. The van der Waals surface area contributed by atoms with Gasteiger partial charge in [0, 0.05) is 30.2 Å². The van der Waals surface area contributed by atoms with E-state index in [4.69, 9.17) is 4.52 Å². The topological polar surface area (TPSA) is 51.0 Å². The minimum absolute atomic E-state index is 0.754. The van der Waals surface area contributed by atoms with Crippen molar-refractivity contribution in [2.75, 3.05) is 0 Å². The van der Waals surface area contributed by atoms with Crippen molar-refractivity contribution in [1.82, 2.24) is 15.5 Å². The molecule has 4 heteroatoms. The molecule has 0 spiro atoms. The van der Waals surface area contributed by atoms with E-state index in [1.165, 1.54) is 10.9 Å². The minimum Gasteiger partial charge on any atom is -0.361 e. The fourth-order valence-electron chi connectivity index (χ4n) is 2.39. The third-order valence-corrected chi connectivity index (χ3v) is 3.51. The third kappa shape index (κ3) is 2.42. The third-order valence-electron chi connectivity index (χ3n) is 3.51. The molecule has 2 aromatic heterocycles. The first kappa shape index (κ1) is 12.8. The number of nitrogens with zero attached hydrogens (tertiary/aromatic N) is 2. The monoisotopic (exact) mass is 267 g/mol. The Morgan fingerprint density at radius 2 is 1.95 bits per heavy atom. The lowest BCUT2D eigenvalue weighted by Crippen LogP contribution is -2.14. The van der Waals surface area contributed by atoms with Crippen LogP contribution in [-0.2, 0) is 13.1 Å². The molecular weight excluding hydrogens is 250 g/mol. The normalized spacial score (nSPS) is 11.1. The van der Waals surface area contributed by atoms with Crippen LogP contribution in [0.5, 0.6) is 0 Å². The van der Waals surface area contributed by atoms with Gasteiger partial charge in [0.2, 0.25) is 0 Å². The van der Waals surface area contributed by atoms with Crippen molar-refractivity contribution < 1.29 is 4.52 Å². The quantitative estimate of drug-likeness (QED) is 0.789. The highest BCUT2D eigenvalue weighted by Crippen LogP contribution is 2.16. The fourth-order valence-corrected chi connectivity index (χ4v) is 2.39. The predicted octanol–water partition coefficient (Wildman–Crippen LogP) is 3.13. The van der Waals surface area contributed by atoms with Gasteiger partial charge in [-0.3, -0.25) is 4.98 Å². The van der Waals surface area contributed by atoms with E-state index in [0.717, 1.165) is 35.6 Å². The molecule has 0 atom stereocenters. The van der Waals surface area contributed by atoms with Gasteiger partial charge in [-0.25, -0.2) is 0 Å². The van der Waals surface area contributed by atoms with E-state index in [9.17, 15) is 0 Å². The van der Waals surface area contributed by atoms with Crippen molar-refractivity contribution in [3.63, 3.8) is 0 Å². The first-order chi connectivity index (χ1) is 9.75. The van der Waals surface area contributed by atoms with Crippen molar-refractivity contribution in [3.05, 3.63) is 59.1 Å². The predicted molar refractivity (Wildman–Crippen MR) is 78.3 cm³/mol. The zero-order valence-electron chi connectivity index (χ0n) is 11.7. The van der Waals surface area contributed by atoms with Gasteiger partial charge in [0.15, 0.2) is 0 Å². The van der Waals surface area contributed by atoms with Gasteiger partial charge in [-0.1, -0.05) is 29.4 Å². The molecule has 0 radical (unpaired) electrons. The van der Waals surface area contributed by atoms with E-state index in [-0.39, 0.29) is 0 Å². The zero-order chi connectivity index (χ0) is 13.9. The molecule has 0 aliphatic rings. The van der Waals surface area contributed by atoms with Gasteiger partial charge in [0.25, 0.3) is 0 Å². The molecule has 1 aromatic carbocycles. The molecule has 4 nitrogen and oxygen atoms in total. The van der Waals surface area contributed by atoms with E-state index in [1.807, 2.05) is 26.1 Å². The molecule has 0 bridgehead atoms. The van der Waals surface area contributed by atoms with Gasteiger partial charge in [-0.2, -0.15) is 0 Å². The Kier molecular flexibility index (Phi) is 3.48. The van der Waals surface area contributed by atoms with E-state index >= 15 is 0 Å². The van der Waals surface area contributed by atoms with E-state index in [2.05, 4.69) is 39.7 Å². The van der Waals surface area contributed by atoms with Crippen LogP contribution >= 0.6 is 0 Å². The second-order valence-electron chi connectivity index (χ2n) is 4.90. The molecular formula is C16H17N3O. The number of aromatic nitrogens is 2. The van der Waals surface area contributed by atoms with E-state index in [1.54, 1.807) is 0 Å². The molecule has 3 aromatic rings. The van der Waals surface area contributed by atoms with Crippen molar-refractivity contribution in [3.8, 4) is 0 Å². The van der Waals surface area contributed by atoms with Crippen LogP contribution in [0.3, 0.4) is 0 Å². The molecule has 0 fully saturated rings. The summed E-state index contributed by atoms with van der Waals surface area (Å²) < 4.78 is 5.17. The van der Waals surface area contributed by atoms with Crippen molar-refractivity contribution >= 4 is 10.9 Å². The summed E-state index contributed by atoms with van der Waals surface area (Å²) in [7, 11) is 0. The summed E-state index contributed by atoms with van der Waals surface area (Å²) in [5.41, 5.74) is 4.35. The highest BCUT2D eigenvalue weighted by atomic mass is 16.5. The second-order valence-corrected chi connectivity index (χ2v) is 4.90. The maximum absolute atomic E-state index is 5.17. The summed E-state index contributed by atoms with van der Waals surface area (Å²) in [6.45, 7) is 5.44. The fraction of sp³-hybridized carbons (Fsp3) is 0.250. The van der Waals surface area contributed by atoms with Crippen LogP contribution in [0.2, 0.25) is 0 Å². The first-order valence-corrected chi connectivity index (χ1v) is 6.71. The molecule has 20 heavy (non-hydrogen) atoms. The average Bonchev–Trinajstić information content (AvgIpc) is 2.79. The number of hydrogen-bond acceptors (Lipinski definition) is 4. The van der Waals surface area contributed by atoms with Crippen LogP contribution < -0.4 is 5.32 Å². The molecule has 0 aliphatic heterocycles. The van der Waals surface area contributed by atoms with Gasteiger partial charge < -0.3 is 9.84 Å². The Labute approximate surface area is 117 Å². The summed E-state index contributed by atoms with van der Waals surface area (Å²) in [4.78, 5) is 4.46. The van der Waals surface area contributed by atoms with Crippen molar-refractivity contribution in [2.45, 2.75) is 26.9 Å². The number of benzene rings is 1. The van der Waals surface area contributed by atoms with Crippen LogP contribution in [0.15, 0.2) is 41.1 Å². The molecule has 0 unspecified atom stereocenters. The van der Waals surface area contributed by atoms with Gasteiger partial charge in [-0.05, 0) is 25.5 Å². The van der Waals surface area contributed by atoms with E-state index in [0.29, 0.717) is 0 Å². The number of rotatable bonds is 4. The number of fused-ring (bicyclic) bond motifs is 1. The van der Waals surface area contributed by atoms with Gasteiger partial charge in [-0.15, -0.1) is 0 Å². The van der Waals surface area contributed by atoms with Gasteiger partial charge in [0.1, 0.15) is 5.76 Å². The Bertz CT molecular complexity index is 709. The lowest BCUT2D eigenvalue weighted by atomic mass is 10.1. The Morgan fingerprint density at radius 1 is 1.10 bits per heavy atom. The Balaban J connectivity index is 1.75. The number of aryl methyl sites for hydroxylation is 2. The number of para-hydroxylation sites is 1. The average molecular weight is 267 g/mol. The van der Waals surface area contributed by atoms with Crippen LogP contribution in [0, 0.1) is 13.8 Å². The molecule has 0 amide bonds. The maximum atomic E-state index is 5.17. The maximum Gasteiger partial charge on any atom is 0.138 e. The lowest BCUT2D eigenvalue weighted by Gasteiger charge is -2.07. The molecule has 2 heterocycles. The largest absolute Gasteiger partial charge is 0.361 e. The summed E-state index contributed by atoms with van der Waals surface area (Å²) in [6.07, 6.45) is 1.83. The first-order valence-electron chi connectivity index (χ1n) is 6.71. The highest BCUT2D eigenvalue weighted by molar-refractivity contribution is 5.81. The van der Waals surface area contributed by atoms with Crippen molar-refractivity contribution in [2.24, 2.45) is 0 Å². The second kappa shape index (κ2) is 5.43. The standard InChI is InChI=1S/C16H17N3O/c1-11-15(12(2)20-19-11)10-17-9-14-6-3-5-13-7-4-8-18-16(13)14/h3-8,17H,9-10H2,1-2H3. The zero-order valence-corrected chi connectivity index (χ0v) is 11.7. The van der Waals surface area contributed by atoms with Crippen LogP contribution in [0.4, 0.5) is 0 Å². The minimum atomic E-state index is 0.754. The molecule has 3 rings (SSSR count). The van der Waals surface area contributed by atoms with Crippen molar-refractivity contribution in [1.29, 1.82) is 0 Å². The Hall–Kier alpha value is -2.20. The molecule has 0 saturated carbocycles. The summed E-state index contributed by atoms with van der Waals surface area (Å²) >= 11 is 0. The number of nitrogens with one attached hydrogen (secondary N) is 1. The summed E-state index contributed by atoms with van der Waals surface area (Å²) in [5, 5.41) is 8.57. The molecule has 0 aliphatic carbocycles. The molecule has 102 valence electrons. The summed E-state index contributed by atoms with van der Waals surface area (Å²) in [5.74, 6) is 0.881. The smallest absolute Gasteiger partial charge is 0.138 e. The molecule has 0 saturated heterocycles. The van der Waals surface area contributed by atoms with Crippen LogP contribution in [-0.4, -0.2) is 10.1 Å². The molecule has 1 N–H and O–H groups in total. The number of hydrogen-bond donors (Lipinski definition) is 1. The van der Waals surface area contributed by atoms with Gasteiger partial charge >= 0.3 is 0 Å². The van der Waals surface area contributed by atoms with Crippen LogP contribution in [0.1, 0.15) is 22.6 Å². The SMILES string of the molecule is Cc1noc(C)c1CNCc1cccc2cccnc12. The van der Waals surface area contributed by atoms with E-state index < -0.39 is 0 Å².